The average molecular weight is 214 g/mol. The molecule has 0 aliphatic carbocycles. The van der Waals surface area contributed by atoms with Crippen molar-refractivity contribution in [1.29, 1.82) is 0 Å². The second kappa shape index (κ2) is 4.41. The maximum atomic E-state index is 11.3. The van der Waals surface area contributed by atoms with Gasteiger partial charge in [-0.2, -0.15) is 0 Å². The Labute approximate surface area is 87.8 Å². The SMILES string of the molecule is CC(C)(C)OC(=O)NC1=CNC=CS1. The van der Waals surface area contributed by atoms with Crippen molar-refractivity contribution in [2.45, 2.75) is 26.4 Å². The molecule has 5 heteroatoms. The highest BCUT2D eigenvalue weighted by Gasteiger charge is 2.16. The highest BCUT2D eigenvalue weighted by atomic mass is 32.2. The summed E-state index contributed by atoms with van der Waals surface area (Å²) in [6.45, 7) is 5.48. The lowest BCUT2D eigenvalue weighted by Gasteiger charge is -2.20. The fraction of sp³-hybridized carbons (Fsp3) is 0.444. The summed E-state index contributed by atoms with van der Waals surface area (Å²) in [6, 6.07) is 0. The third-order valence-corrected chi connectivity index (χ3v) is 1.94. The van der Waals surface area contributed by atoms with Crippen LogP contribution in [0.3, 0.4) is 0 Å². The Morgan fingerprint density at radius 2 is 2.29 bits per heavy atom. The lowest BCUT2D eigenvalue weighted by Crippen LogP contribution is -2.32. The highest BCUT2D eigenvalue weighted by Crippen LogP contribution is 2.16. The van der Waals surface area contributed by atoms with Gasteiger partial charge in [0.25, 0.3) is 0 Å². The normalized spacial score (nSPS) is 15.5. The summed E-state index contributed by atoms with van der Waals surface area (Å²) in [5.41, 5.74) is -0.465. The summed E-state index contributed by atoms with van der Waals surface area (Å²) in [7, 11) is 0. The molecule has 0 aromatic carbocycles. The molecule has 4 nitrogen and oxygen atoms in total. The Morgan fingerprint density at radius 1 is 1.57 bits per heavy atom. The van der Waals surface area contributed by atoms with E-state index >= 15 is 0 Å². The summed E-state index contributed by atoms with van der Waals surface area (Å²) in [5.74, 6) is 0. The van der Waals surface area contributed by atoms with Gasteiger partial charge in [-0.05, 0) is 26.2 Å². The van der Waals surface area contributed by atoms with Crippen LogP contribution in [0.25, 0.3) is 0 Å². The lowest BCUT2D eigenvalue weighted by atomic mass is 10.2. The van der Waals surface area contributed by atoms with E-state index < -0.39 is 11.7 Å². The van der Waals surface area contributed by atoms with Gasteiger partial charge in [0.2, 0.25) is 0 Å². The fourth-order valence-corrected chi connectivity index (χ4v) is 1.35. The molecular formula is C9H14N2O2S. The number of hydrogen-bond donors (Lipinski definition) is 2. The van der Waals surface area contributed by atoms with Gasteiger partial charge in [-0.25, -0.2) is 4.79 Å². The van der Waals surface area contributed by atoms with Crippen LogP contribution in [0.15, 0.2) is 22.8 Å². The van der Waals surface area contributed by atoms with Gasteiger partial charge in [0.05, 0.1) is 5.03 Å². The Morgan fingerprint density at radius 3 is 2.79 bits per heavy atom. The van der Waals surface area contributed by atoms with Crippen LogP contribution in [-0.4, -0.2) is 11.7 Å². The number of thioether (sulfide) groups is 1. The molecule has 0 saturated heterocycles. The van der Waals surface area contributed by atoms with Crippen molar-refractivity contribution < 1.29 is 9.53 Å². The van der Waals surface area contributed by atoms with Crippen LogP contribution >= 0.6 is 11.8 Å². The van der Waals surface area contributed by atoms with Crippen molar-refractivity contribution in [2.75, 3.05) is 0 Å². The summed E-state index contributed by atoms with van der Waals surface area (Å²) >= 11 is 1.42. The monoisotopic (exact) mass is 214 g/mol. The topological polar surface area (TPSA) is 50.4 Å². The third kappa shape index (κ3) is 4.23. The van der Waals surface area contributed by atoms with E-state index in [0.717, 1.165) is 5.03 Å². The van der Waals surface area contributed by atoms with E-state index in [4.69, 9.17) is 4.74 Å². The molecule has 0 aromatic heterocycles. The number of amides is 1. The molecule has 0 saturated carbocycles. The maximum Gasteiger partial charge on any atom is 0.412 e. The van der Waals surface area contributed by atoms with Gasteiger partial charge < -0.3 is 10.1 Å². The first kappa shape index (κ1) is 11.0. The van der Waals surface area contributed by atoms with Gasteiger partial charge >= 0.3 is 6.09 Å². The van der Waals surface area contributed by atoms with E-state index in [1.54, 1.807) is 12.4 Å². The summed E-state index contributed by atoms with van der Waals surface area (Å²) < 4.78 is 5.08. The number of rotatable bonds is 1. The van der Waals surface area contributed by atoms with Crippen LogP contribution in [0.5, 0.6) is 0 Å². The molecule has 0 unspecified atom stereocenters. The number of carbonyl (C=O) groups excluding carboxylic acids is 1. The second-order valence-corrected chi connectivity index (χ2v) is 4.67. The molecular weight excluding hydrogens is 200 g/mol. The van der Waals surface area contributed by atoms with Crippen molar-refractivity contribution in [1.82, 2.24) is 10.6 Å². The van der Waals surface area contributed by atoms with E-state index in [-0.39, 0.29) is 0 Å². The Kier molecular flexibility index (Phi) is 3.46. The minimum absolute atomic E-state index is 0.437. The van der Waals surface area contributed by atoms with Crippen molar-refractivity contribution in [3.05, 3.63) is 22.8 Å². The third-order valence-electron chi connectivity index (χ3n) is 1.20. The predicted octanol–water partition coefficient (Wildman–Crippen LogP) is 2.12. The molecule has 14 heavy (non-hydrogen) atoms. The molecule has 0 aromatic rings. The second-order valence-electron chi connectivity index (χ2n) is 3.72. The number of hydrogen-bond acceptors (Lipinski definition) is 4. The van der Waals surface area contributed by atoms with Gasteiger partial charge in [0, 0.05) is 12.4 Å². The zero-order valence-corrected chi connectivity index (χ0v) is 9.27. The Bertz CT molecular complexity index is 279. The summed E-state index contributed by atoms with van der Waals surface area (Å²) in [4.78, 5) is 11.3. The quantitative estimate of drug-likeness (QED) is 0.702. The molecule has 78 valence electrons. The lowest BCUT2D eigenvalue weighted by molar-refractivity contribution is 0.0550. The number of carbonyl (C=O) groups is 1. The molecule has 1 amide bonds. The molecule has 0 spiro atoms. The minimum Gasteiger partial charge on any atom is -0.444 e. The van der Waals surface area contributed by atoms with E-state index in [2.05, 4.69) is 10.6 Å². The van der Waals surface area contributed by atoms with E-state index in [9.17, 15) is 4.79 Å². The zero-order valence-electron chi connectivity index (χ0n) is 8.46. The van der Waals surface area contributed by atoms with Crippen LogP contribution in [0.2, 0.25) is 0 Å². The van der Waals surface area contributed by atoms with Crippen LogP contribution in [-0.2, 0) is 4.74 Å². The summed E-state index contributed by atoms with van der Waals surface area (Å²) in [5, 5.41) is 8.06. The number of nitrogens with one attached hydrogen (secondary N) is 2. The Hall–Kier alpha value is -1.10. The van der Waals surface area contributed by atoms with Crippen LogP contribution in [0, 0.1) is 0 Å². The molecule has 0 fully saturated rings. The van der Waals surface area contributed by atoms with Crippen molar-refractivity contribution in [3.8, 4) is 0 Å². The van der Waals surface area contributed by atoms with E-state index in [1.165, 1.54) is 11.8 Å². The van der Waals surface area contributed by atoms with Gasteiger partial charge in [-0.15, -0.1) is 0 Å². The first-order valence-electron chi connectivity index (χ1n) is 4.25. The fourth-order valence-electron chi connectivity index (χ4n) is 0.774. The maximum absolute atomic E-state index is 11.3. The molecule has 0 atom stereocenters. The molecule has 1 heterocycles. The first-order chi connectivity index (χ1) is 6.47. The van der Waals surface area contributed by atoms with Crippen LogP contribution < -0.4 is 10.6 Å². The van der Waals surface area contributed by atoms with Crippen molar-refractivity contribution >= 4 is 17.9 Å². The molecule has 1 rings (SSSR count). The standard InChI is InChI=1S/C9H14N2O2S/c1-9(2,3)13-8(12)11-7-6-10-4-5-14-7/h4-6,10H,1-3H3,(H,11,12). The van der Waals surface area contributed by atoms with Gasteiger partial charge in [-0.3, -0.25) is 5.32 Å². The van der Waals surface area contributed by atoms with Gasteiger partial charge in [-0.1, -0.05) is 11.8 Å². The van der Waals surface area contributed by atoms with Crippen LogP contribution in [0.4, 0.5) is 4.79 Å². The highest BCUT2D eigenvalue weighted by molar-refractivity contribution is 8.05. The van der Waals surface area contributed by atoms with E-state index in [1.807, 2.05) is 26.2 Å². The number of alkyl carbamates (subject to hydrolysis) is 1. The van der Waals surface area contributed by atoms with Crippen molar-refractivity contribution in [2.24, 2.45) is 0 Å². The molecule has 1 aliphatic rings. The largest absolute Gasteiger partial charge is 0.444 e. The molecule has 2 N–H and O–H groups in total. The van der Waals surface area contributed by atoms with Crippen molar-refractivity contribution in [3.63, 3.8) is 0 Å². The summed E-state index contributed by atoms with van der Waals surface area (Å²) in [6.07, 6.45) is 3.05. The smallest absolute Gasteiger partial charge is 0.412 e. The zero-order chi connectivity index (χ0) is 10.6. The van der Waals surface area contributed by atoms with Gasteiger partial charge in [0.15, 0.2) is 0 Å². The van der Waals surface area contributed by atoms with E-state index in [0.29, 0.717) is 0 Å². The first-order valence-corrected chi connectivity index (χ1v) is 5.13. The predicted molar refractivity (Wildman–Crippen MR) is 57.3 cm³/mol. The van der Waals surface area contributed by atoms with Gasteiger partial charge in [0.1, 0.15) is 5.60 Å². The van der Waals surface area contributed by atoms with Crippen LogP contribution in [0.1, 0.15) is 20.8 Å². The number of ether oxygens (including phenoxy) is 1. The molecule has 1 aliphatic heterocycles. The minimum atomic E-state index is -0.465. The average Bonchev–Trinajstić information content (AvgIpc) is 2.02. The Balaban J connectivity index is 2.37. The molecule has 0 radical (unpaired) electrons. The molecule has 0 bridgehead atoms.